The number of para-hydroxylation sites is 2. The van der Waals surface area contributed by atoms with Crippen molar-refractivity contribution in [3.05, 3.63) is 95.6 Å². The summed E-state index contributed by atoms with van der Waals surface area (Å²) >= 11 is 7.86. The molecule has 0 radical (unpaired) electrons. The van der Waals surface area contributed by atoms with Gasteiger partial charge >= 0.3 is 5.69 Å². The zero-order chi connectivity index (χ0) is 23.8. The van der Waals surface area contributed by atoms with Gasteiger partial charge in [0.1, 0.15) is 11.5 Å². The Kier molecular flexibility index (Phi) is 9.49. The third-order valence-electron chi connectivity index (χ3n) is 6.10. The maximum Gasteiger partial charge on any atom is 0.349 e. The number of benzene rings is 3. The van der Waals surface area contributed by atoms with E-state index in [1.54, 1.807) is 11.4 Å². The molecule has 0 spiro atoms. The van der Waals surface area contributed by atoms with Gasteiger partial charge < -0.3 is 9.05 Å². The smallest absolute Gasteiger partial charge is 0.349 e. The molecule has 3 atom stereocenters. The fourth-order valence-corrected chi connectivity index (χ4v) is 9.18. The first-order valence-electron chi connectivity index (χ1n) is 11.8. The Balaban J connectivity index is 2.00. The van der Waals surface area contributed by atoms with Crippen LogP contribution in [0, 0.1) is 0 Å². The Labute approximate surface area is 209 Å². The van der Waals surface area contributed by atoms with Gasteiger partial charge in [0.2, 0.25) is 0 Å². The molecule has 0 saturated carbocycles. The topological polar surface area (TPSA) is 18.5 Å². The van der Waals surface area contributed by atoms with Gasteiger partial charge in [-0.1, -0.05) is 94.4 Å². The van der Waals surface area contributed by atoms with Crippen molar-refractivity contribution in [1.82, 2.24) is 0 Å². The van der Waals surface area contributed by atoms with Gasteiger partial charge in [-0.05, 0) is 83.6 Å². The predicted molar refractivity (Wildman–Crippen MR) is 148 cm³/mol. The Hall–Kier alpha value is -1.74. The highest BCUT2D eigenvalue weighted by Crippen LogP contribution is 2.65. The Morgan fingerprint density at radius 2 is 1.12 bits per heavy atom. The van der Waals surface area contributed by atoms with E-state index in [1.165, 1.54) is 16.7 Å². The lowest BCUT2D eigenvalue weighted by Crippen LogP contribution is -2.05. The first-order valence-corrected chi connectivity index (χ1v) is 15.9. The molecule has 0 heterocycles. The summed E-state index contributed by atoms with van der Waals surface area (Å²) in [5.74, 6) is 2.44. The van der Waals surface area contributed by atoms with Crippen LogP contribution in [0.25, 0.3) is 0 Å². The van der Waals surface area contributed by atoms with E-state index in [2.05, 4.69) is 83.1 Å². The molecule has 0 fully saturated rings. The maximum atomic E-state index is 6.69. The summed E-state index contributed by atoms with van der Waals surface area (Å²) in [5, 5.41) is 0.142. The highest BCUT2D eigenvalue weighted by molar-refractivity contribution is 8.68. The summed E-state index contributed by atoms with van der Waals surface area (Å²) in [6.45, 7) is 11.0. The summed E-state index contributed by atoms with van der Waals surface area (Å²) in [7, 11) is 0. The minimum Gasteiger partial charge on any atom is -0.428 e. The molecule has 3 unspecified atom stereocenters. The molecular weight excluding hydrogens is 463 g/mol. The second kappa shape index (κ2) is 12.1. The highest BCUT2D eigenvalue weighted by atomic mass is 32.9. The average molecular weight is 499 g/mol. The van der Waals surface area contributed by atoms with E-state index in [4.69, 9.17) is 20.9 Å². The molecule has 0 aliphatic rings. The molecule has 0 aliphatic carbocycles. The van der Waals surface area contributed by atoms with Crippen molar-refractivity contribution in [3.8, 4) is 11.5 Å². The lowest BCUT2D eigenvalue weighted by atomic mass is 9.98. The van der Waals surface area contributed by atoms with Crippen molar-refractivity contribution in [1.29, 1.82) is 0 Å². The number of hydrogen-bond acceptors (Lipinski definition) is 4. The highest BCUT2D eigenvalue weighted by Gasteiger charge is 2.30. The quantitative estimate of drug-likeness (QED) is 0.245. The molecule has 0 aromatic heterocycles. The van der Waals surface area contributed by atoms with Gasteiger partial charge in [-0.25, -0.2) is 0 Å². The van der Waals surface area contributed by atoms with Gasteiger partial charge in [0.25, 0.3) is 0 Å². The third kappa shape index (κ3) is 6.88. The summed E-state index contributed by atoms with van der Waals surface area (Å²) in [6.07, 6.45) is 2.07. The lowest BCUT2D eigenvalue weighted by Gasteiger charge is -2.28. The Bertz CT molecular complexity index is 1010. The van der Waals surface area contributed by atoms with Crippen LogP contribution in [0.4, 0.5) is 0 Å². The van der Waals surface area contributed by atoms with E-state index in [1.807, 2.05) is 30.3 Å². The van der Waals surface area contributed by atoms with Crippen LogP contribution in [0.2, 0.25) is 0 Å². The van der Waals surface area contributed by atoms with Crippen LogP contribution in [0.1, 0.15) is 81.2 Å². The van der Waals surface area contributed by atoms with Gasteiger partial charge in [-0.2, -0.15) is 0 Å². The molecule has 176 valence electrons. The summed E-state index contributed by atoms with van der Waals surface area (Å²) in [5.41, 5.74) is 0.791. The van der Waals surface area contributed by atoms with Crippen LogP contribution in [-0.4, -0.2) is 0 Å². The normalized spacial score (nSPS) is 15.8. The molecule has 5 heteroatoms. The van der Waals surface area contributed by atoms with Crippen molar-refractivity contribution >= 4 is 28.9 Å². The van der Waals surface area contributed by atoms with Gasteiger partial charge in [0, 0.05) is 5.25 Å². The van der Waals surface area contributed by atoms with Crippen molar-refractivity contribution in [3.63, 3.8) is 0 Å². The number of rotatable bonds is 11. The summed E-state index contributed by atoms with van der Waals surface area (Å²) < 4.78 is 13.4. The van der Waals surface area contributed by atoms with Crippen LogP contribution < -0.4 is 9.05 Å². The molecule has 2 nitrogen and oxygen atoms in total. The minimum absolute atomic E-state index is 0.142. The molecule has 0 saturated heterocycles. The predicted octanol–water partition coefficient (Wildman–Crippen LogP) is 9.89. The third-order valence-corrected chi connectivity index (χ3v) is 11.2. The largest absolute Gasteiger partial charge is 0.428 e. The maximum absolute atomic E-state index is 6.69. The van der Waals surface area contributed by atoms with Crippen LogP contribution in [0.15, 0.2) is 78.9 Å². The molecule has 3 aromatic rings. The zero-order valence-corrected chi connectivity index (χ0v) is 22.8. The van der Waals surface area contributed by atoms with Crippen molar-refractivity contribution < 1.29 is 9.05 Å². The molecule has 3 aromatic carbocycles. The van der Waals surface area contributed by atoms with Crippen LogP contribution in [0.3, 0.4) is 0 Å². The van der Waals surface area contributed by atoms with Gasteiger partial charge in [-0.3, -0.25) is 0 Å². The standard InChI is InChI=1S/C28H35O2PS2/c1-6-21(3)25-17-11-13-19-27(25)29-31(32,33-23(5)24-15-9-8-10-16-24)30-28-20-14-12-18-26(28)22(4)7-2/h8-23H,6-7H2,1-5H3. The molecule has 0 bridgehead atoms. The van der Waals surface area contributed by atoms with E-state index >= 15 is 0 Å². The van der Waals surface area contributed by atoms with Gasteiger partial charge in [-0.15, -0.1) is 0 Å². The van der Waals surface area contributed by atoms with Crippen LogP contribution >= 0.6 is 17.1 Å². The van der Waals surface area contributed by atoms with E-state index in [-0.39, 0.29) is 5.25 Å². The van der Waals surface area contributed by atoms with E-state index in [9.17, 15) is 0 Å². The fraction of sp³-hybridized carbons (Fsp3) is 0.357. The lowest BCUT2D eigenvalue weighted by molar-refractivity contribution is 0.491. The second-order valence-electron chi connectivity index (χ2n) is 8.48. The average Bonchev–Trinajstić information content (AvgIpc) is 2.84. The van der Waals surface area contributed by atoms with Crippen molar-refractivity contribution in [2.75, 3.05) is 0 Å². The Morgan fingerprint density at radius 3 is 1.58 bits per heavy atom. The minimum atomic E-state index is -2.79. The molecule has 0 N–H and O–H groups in total. The van der Waals surface area contributed by atoms with Crippen molar-refractivity contribution in [2.45, 2.75) is 64.5 Å². The van der Waals surface area contributed by atoms with Gasteiger partial charge in [0.05, 0.1) is 0 Å². The van der Waals surface area contributed by atoms with Crippen molar-refractivity contribution in [2.24, 2.45) is 0 Å². The van der Waals surface area contributed by atoms with E-state index in [0.717, 1.165) is 24.3 Å². The number of hydrogen-bond donors (Lipinski definition) is 0. The molecular formula is C28H35O2PS2. The molecule has 0 amide bonds. The monoisotopic (exact) mass is 498 g/mol. The summed E-state index contributed by atoms with van der Waals surface area (Å²) in [4.78, 5) is 0. The molecule has 33 heavy (non-hydrogen) atoms. The Morgan fingerprint density at radius 1 is 0.697 bits per heavy atom. The van der Waals surface area contributed by atoms with Crippen LogP contribution in [-0.2, 0) is 11.8 Å². The summed E-state index contributed by atoms with van der Waals surface area (Å²) in [6, 6.07) is 26.9. The second-order valence-corrected chi connectivity index (χ2v) is 14.9. The fourth-order valence-electron chi connectivity index (χ4n) is 3.66. The first-order chi connectivity index (χ1) is 15.9. The zero-order valence-electron chi connectivity index (χ0n) is 20.2. The molecule has 0 aliphatic heterocycles. The van der Waals surface area contributed by atoms with Gasteiger partial charge in [0.15, 0.2) is 0 Å². The first kappa shape index (κ1) is 25.9. The SMILES string of the molecule is CCC(C)c1ccccc1OP(=S)(Oc1ccccc1C(C)CC)SC(C)c1ccccc1. The van der Waals surface area contributed by atoms with Crippen LogP contribution in [0.5, 0.6) is 11.5 Å². The van der Waals surface area contributed by atoms with E-state index < -0.39 is 5.69 Å². The van der Waals surface area contributed by atoms with E-state index in [0.29, 0.717) is 11.8 Å². The molecule has 3 rings (SSSR count).